The lowest BCUT2D eigenvalue weighted by molar-refractivity contribution is 0.431. The van der Waals surface area contributed by atoms with Crippen molar-refractivity contribution in [2.75, 3.05) is 0 Å². The number of halogens is 2. The van der Waals surface area contributed by atoms with Gasteiger partial charge in [0.1, 0.15) is 17.6 Å². The highest BCUT2D eigenvalue weighted by atomic mass is 79.9. The molecule has 0 atom stereocenters. The molecule has 18 heavy (non-hydrogen) atoms. The summed E-state index contributed by atoms with van der Waals surface area (Å²) in [5.41, 5.74) is 0.191. The van der Waals surface area contributed by atoms with Crippen molar-refractivity contribution in [3.05, 3.63) is 52.3 Å². The molecule has 90 valence electrons. The van der Waals surface area contributed by atoms with E-state index in [1.54, 1.807) is 12.1 Å². The Morgan fingerprint density at radius 3 is 2.72 bits per heavy atom. The van der Waals surface area contributed by atoms with Gasteiger partial charge in [0, 0.05) is 6.07 Å². The first kappa shape index (κ1) is 12.4. The maximum atomic E-state index is 13.8. The summed E-state index contributed by atoms with van der Waals surface area (Å²) >= 11 is 2.99. The van der Waals surface area contributed by atoms with E-state index < -0.39 is 5.82 Å². The van der Waals surface area contributed by atoms with Crippen molar-refractivity contribution in [2.45, 2.75) is 0 Å². The van der Waals surface area contributed by atoms with Crippen molar-refractivity contribution >= 4 is 15.9 Å². The van der Waals surface area contributed by atoms with Crippen LogP contribution in [0.15, 0.2) is 40.9 Å². The predicted molar refractivity (Wildman–Crippen MR) is 67.0 cm³/mol. The van der Waals surface area contributed by atoms with Crippen LogP contribution in [0, 0.1) is 17.1 Å². The molecular formula is C13H7BrFNO2. The van der Waals surface area contributed by atoms with Gasteiger partial charge in [0.25, 0.3) is 0 Å². The van der Waals surface area contributed by atoms with Crippen LogP contribution in [0.4, 0.5) is 4.39 Å². The van der Waals surface area contributed by atoms with Crippen LogP contribution in [0.5, 0.6) is 17.2 Å². The molecule has 3 nitrogen and oxygen atoms in total. The first-order chi connectivity index (χ1) is 8.61. The Hall–Kier alpha value is -2.06. The molecule has 0 heterocycles. The number of phenolic OH excluding ortho intramolecular Hbond substituents is 1. The van der Waals surface area contributed by atoms with Gasteiger partial charge in [-0.05, 0) is 40.2 Å². The number of hydrogen-bond donors (Lipinski definition) is 1. The van der Waals surface area contributed by atoms with Crippen LogP contribution in [0.3, 0.4) is 0 Å². The average Bonchev–Trinajstić information content (AvgIpc) is 2.35. The molecular weight excluding hydrogens is 301 g/mol. The summed E-state index contributed by atoms with van der Waals surface area (Å²) in [6.07, 6.45) is 0. The maximum absolute atomic E-state index is 13.8. The SMILES string of the molecule is N#Cc1ccc(Oc2cccc(O)c2)c(F)c1Br. The van der Waals surface area contributed by atoms with Gasteiger partial charge in [-0.2, -0.15) is 5.26 Å². The van der Waals surface area contributed by atoms with Crippen molar-refractivity contribution in [3.8, 4) is 23.3 Å². The molecule has 0 saturated carbocycles. The third kappa shape index (κ3) is 2.44. The van der Waals surface area contributed by atoms with E-state index in [0.29, 0.717) is 5.75 Å². The fraction of sp³-hybridized carbons (Fsp3) is 0. The molecule has 2 aromatic carbocycles. The van der Waals surface area contributed by atoms with Gasteiger partial charge >= 0.3 is 0 Å². The van der Waals surface area contributed by atoms with Gasteiger partial charge in [0.15, 0.2) is 11.6 Å². The van der Waals surface area contributed by atoms with Gasteiger partial charge in [-0.3, -0.25) is 0 Å². The lowest BCUT2D eigenvalue weighted by Gasteiger charge is -2.08. The Morgan fingerprint density at radius 1 is 1.28 bits per heavy atom. The molecule has 5 heteroatoms. The molecule has 0 aliphatic rings. The Labute approximate surface area is 111 Å². The quantitative estimate of drug-likeness (QED) is 0.913. The van der Waals surface area contributed by atoms with Gasteiger partial charge in [0.05, 0.1) is 10.0 Å². The summed E-state index contributed by atoms with van der Waals surface area (Å²) in [5.74, 6) is -0.338. The van der Waals surface area contributed by atoms with E-state index >= 15 is 0 Å². The summed E-state index contributed by atoms with van der Waals surface area (Å²) in [5, 5.41) is 18.0. The highest BCUT2D eigenvalue weighted by molar-refractivity contribution is 9.10. The number of hydrogen-bond acceptors (Lipinski definition) is 3. The molecule has 0 aliphatic heterocycles. The zero-order valence-electron chi connectivity index (χ0n) is 9.02. The molecule has 0 unspecified atom stereocenters. The van der Waals surface area contributed by atoms with Gasteiger partial charge in [-0.1, -0.05) is 6.07 Å². The summed E-state index contributed by atoms with van der Waals surface area (Å²) in [7, 11) is 0. The molecule has 0 amide bonds. The van der Waals surface area contributed by atoms with Crippen molar-refractivity contribution in [1.82, 2.24) is 0 Å². The molecule has 0 spiro atoms. The average molecular weight is 308 g/mol. The Kier molecular flexibility index (Phi) is 3.49. The number of ether oxygens (including phenoxy) is 1. The van der Waals surface area contributed by atoms with Gasteiger partial charge in [-0.25, -0.2) is 4.39 Å². The normalized spacial score (nSPS) is 9.83. The van der Waals surface area contributed by atoms with Crippen LogP contribution in [0.25, 0.3) is 0 Å². The molecule has 0 saturated heterocycles. The van der Waals surface area contributed by atoms with Gasteiger partial charge in [0.2, 0.25) is 0 Å². The number of nitrogens with zero attached hydrogens (tertiary/aromatic N) is 1. The summed E-state index contributed by atoms with van der Waals surface area (Å²) in [4.78, 5) is 0. The second-order valence-electron chi connectivity index (χ2n) is 3.45. The predicted octanol–water partition coefficient (Wildman–Crippen LogP) is 3.96. The minimum atomic E-state index is -0.655. The first-order valence-corrected chi connectivity index (χ1v) is 5.76. The van der Waals surface area contributed by atoms with Gasteiger partial charge < -0.3 is 9.84 Å². The van der Waals surface area contributed by atoms with Crippen LogP contribution in [0.1, 0.15) is 5.56 Å². The van der Waals surface area contributed by atoms with Crippen molar-refractivity contribution in [1.29, 1.82) is 5.26 Å². The molecule has 0 bridgehead atoms. The van der Waals surface area contributed by atoms with E-state index in [1.165, 1.54) is 24.3 Å². The zero-order valence-corrected chi connectivity index (χ0v) is 10.6. The number of phenols is 1. The van der Waals surface area contributed by atoms with E-state index in [0.717, 1.165) is 0 Å². The van der Waals surface area contributed by atoms with E-state index in [9.17, 15) is 9.50 Å². The van der Waals surface area contributed by atoms with Crippen molar-refractivity contribution < 1.29 is 14.2 Å². The van der Waals surface area contributed by atoms with Crippen LogP contribution in [-0.2, 0) is 0 Å². The van der Waals surface area contributed by atoms with Crippen LogP contribution >= 0.6 is 15.9 Å². The summed E-state index contributed by atoms with van der Waals surface area (Å²) < 4.78 is 19.2. The lowest BCUT2D eigenvalue weighted by atomic mass is 10.2. The number of rotatable bonds is 2. The van der Waals surface area contributed by atoms with Gasteiger partial charge in [-0.15, -0.1) is 0 Å². The molecule has 0 aromatic heterocycles. The van der Waals surface area contributed by atoms with E-state index in [4.69, 9.17) is 10.00 Å². The standard InChI is InChI=1S/C13H7BrFNO2/c14-12-8(7-16)4-5-11(13(12)15)18-10-3-1-2-9(17)6-10/h1-6,17H. The summed E-state index contributed by atoms with van der Waals surface area (Å²) in [6.45, 7) is 0. The number of nitriles is 1. The summed E-state index contributed by atoms with van der Waals surface area (Å²) in [6, 6.07) is 10.7. The second-order valence-corrected chi connectivity index (χ2v) is 4.24. The minimum absolute atomic E-state index is 0.0218. The highest BCUT2D eigenvalue weighted by Crippen LogP contribution is 2.32. The largest absolute Gasteiger partial charge is 0.508 e. The van der Waals surface area contributed by atoms with Crippen LogP contribution in [-0.4, -0.2) is 5.11 Å². The first-order valence-electron chi connectivity index (χ1n) is 4.97. The lowest BCUT2D eigenvalue weighted by Crippen LogP contribution is -1.91. The van der Waals surface area contributed by atoms with Crippen molar-refractivity contribution in [3.63, 3.8) is 0 Å². The molecule has 0 fully saturated rings. The molecule has 2 aromatic rings. The Balaban J connectivity index is 2.36. The number of benzene rings is 2. The number of aromatic hydroxyl groups is 1. The van der Waals surface area contributed by atoms with Crippen molar-refractivity contribution in [2.24, 2.45) is 0 Å². The van der Waals surface area contributed by atoms with Crippen LogP contribution < -0.4 is 4.74 Å². The van der Waals surface area contributed by atoms with Crippen LogP contribution in [0.2, 0.25) is 0 Å². The third-order valence-electron chi connectivity index (χ3n) is 2.21. The molecule has 0 aliphatic carbocycles. The monoisotopic (exact) mass is 307 g/mol. The topological polar surface area (TPSA) is 53.2 Å². The molecule has 1 N–H and O–H groups in total. The third-order valence-corrected chi connectivity index (χ3v) is 2.99. The smallest absolute Gasteiger partial charge is 0.181 e. The fourth-order valence-corrected chi connectivity index (χ4v) is 1.79. The zero-order chi connectivity index (χ0) is 13.1. The highest BCUT2D eigenvalue weighted by Gasteiger charge is 2.12. The fourth-order valence-electron chi connectivity index (χ4n) is 1.37. The Bertz CT molecular complexity index is 637. The molecule has 2 rings (SSSR count). The minimum Gasteiger partial charge on any atom is -0.508 e. The molecule has 0 radical (unpaired) electrons. The van der Waals surface area contributed by atoms with E-state index in [2.05, 4.69) is 15.9 Å². The second kappa shape index (κ2) is 5.07. The Morgan fingerprint density at radius 2 is 2.06 bits per heavy atom. The maximum Gasteiger partial charge on any atom is 0.181 e. The van der Waals surface area contributed by atoms with E-state index in [1.807, 2.05) is 6.07 Å². The van der Waals surface area contributed by atoms with E-state index in [-0.39, 0.29) is 21.5 Å².